The van der Waals surface area contributed by atoms with Crippen molar-refractivity contribution in [3.63, 3.8) is 0 Å². The second-order valence-corrected chi connectivity index (χ2v) is 5.02. The predicted octanol–water partition coefficient (Wildman–Crippen LogP) is 2.53. The van der Waals surface area contributed by atoms with Crippen LogP contribution in [0, 0.1) is 0 Å². The zero-order valence-electron chi connectivity index (χ0n) is 11.5. The second kappa shape index (κ2) is 6.17. The van der Waals surface area contributed by atoms with Crippen molar-refractivity contribution in [1.82, 2.24) is 10.3 Å². The first kappa shape index (κ1) is 14.2. The van der Waals surface area contributed by atoms with Gasteiger partial charge in [0.25, 0.3) is 0 Å². The van der Waals surface area contributed by atoms with Crippen molar-refractivity contribution in [1.29, 1.82) is 0 Å². The normalized spacial score (nSPS) is 13.9. The number of hydrogen-bond donors (Lipinski definition) is 1. The molecule has 4 heteroatoms. The van der Waals surface area contributed by atoms with Gasteiger partial charge in [-0.3, -0.25) is 0 Å². The van der Waals surface area contributed by atoms with E-state index in [2.05, 4.69) is 38.0 Å². The molecule has 0 spiro atoms. The van der Waals surface area contributed by atoms with Gasteiger partial charge >= 0.3 is 0 Å². The van der Waals surface area contributed by atoms with E-state index in [1.165, 1.54) is 0 Å². The molecule has 17 heavy (non-hydrogen) atoms. The summed E-state index contributed by atoms with van der Waals surface area (Å²) in [7, 11) is 1.74. The van der Waals surface area contributed by atoms with E-state index in [9.17, 15) is 0 Å². The van der Waals surface area contributed by atoms with Crippen LogP contribution in [0.15, 0.2) is 10.6 Å². The first-order chi connectivity index (χ1) is 7.96. The van der Waals surface area contributed by atoms with Crippen LogP contribution in [-0.4, -0.2) is 23.7 Å². The molecule has 1 atom stereocenters. The largest absolute Gasteiger partial charge is 0.444 e. The number of aromatic nitrogens is 1. The van der Waals surface area contributed by atoms with Crippen molar-refractivity contribution in [3.8, 4) is 0 Å². The average Bonchev–Trinajstić information content (AvgIpc) is 2.74. The van der Waals surface area contributed by atoms with E-state index < -0.39 is 0 Å². The van der Waals surface area contributed by atoms with Crippen molar-refractivity contribution < 1.29 is 9.15 Å². The lowest BCUT2D eigenvalue weighted by Gasteiger charge is -2.26. The Bertz CT molecular complexity index is 334. The predicted molar refractivity (Wildman–Crippen MR) is 67.9 cm³/mol. The summed E-state index contributed by atoms with van der Waals surface area (Å²) in [5.74, 6) is 1.69. The number of nitrogens with one attached hydrogen (secondary N) is 1. The standard InChI is InChI=1S/C13H24N2O2/c1-6-11-8-15-12(17-11)9-14-10(2)7-13(3,4)16-5/h8,10,14H,6-7,9H2,1-5H3. The number of oxazole rings is 1. The SMILES string of the molecule is CCc1cnc(CNC(C)CC(C)(C)OC)o1. The summed E-state index contributed by atoms with van der Waals surface area (Å²) in [5, 5.41) is 3.39. The minimum atomic E-state index is -0.0996. The fourth-order valence-corrected chi connectivity index (χ4v) is 1.75. The third-order valence-electron chi connectivity index (χ3n) is 2.90. The van der Waals surface area contributed by atoms with Crippen molar-refractivity contribution in [2.45, 2.75) is 58.7 Å². The van der Waals surface area contributed by atoms with Gasteiger partial charge in [0, 0.05) is 19.6 Å². The van der Waals surface area contributed by atoms with Gasteiger partial charge in [-0.15, -0.1) is 0 Å². The molecule has 0 amide bonds. The summed E-state index contributed by atoms with van der Waals surface area (Å²) in [4.78, 5) is 4.22. The number of hydrogen-bond acceptors (Lipinski definition) is 4. The highest BCUT2D eigenvalue weighted by Gasteiger charge is 2.20. The van der Waals surface area contributed by atoms with Crippen LogP contribution in [0.3, 0.4) is 0 Å². The van der Waals surface area contributed by atoms with Gasteiger partial charge in [0.2, 0.25) is 5.89 Å². The third-order valence-corrected chi connectivity index (χ3v) is 2.90. The van der Waals surface area contributed by atoms with Crippen LogP contribution in [-0.2, 0) is 17.7 Å². The molecule has 0 aliphatic heterocycles. The molecule has 4 nitrogen and oxygen atoms in total. The van der Waals surface area contributed by atoms with Gasteiger partial charge in [-0.1, -0.05) is 6.92 Å². The maximum Gasteiger partial charge on any atom is 0.208 e. The molecule has 0 saturated carbocycles. The van der Waals surface area contributed by atoms with Gasteiger partial charge < -0.3 is 14.5 Å². The van der Waals surface area contributed by atoms with Crippen LogP contribution in [0.1, 0.15) is 45.8 Å². The molecule has 0 saturated heterocycles. The molecule has 0 radical (unpaired) electrons. The minimum absolute atomic E-state index is 0.0996. The molecule has 1 rings (SSSR count). The number of rotatable bonds is 7. The first-order valence-corrected chi connectivity index (χ1v) is 6.19. The number of nitrogens with zero attached hydrogens (tertiary/aromatic N) is 1. The average molecular weight is 240 g/mol. The van der Waals surface area contributed by atoms with Crippen molar-refractivity contribution in [2.75, 3.05) is 7.11 Å². The quantitative estimate of drug-likeness (QED) is 0.795. The van der Waals surface area contributed by atoms with Gasteiger partial charge in [0.05, 0.1) is 18.3 Å². The van der Waals surface area contributed by atoms with E-state index in [1.54, 1.807) is 13.3 Å². The molecule has 1 heterocycles. The van der Waals surface area contributed by atoms with Gasteiger partial charge in [0.1, 0.15) is 5.76 Å². The molecule has 1 unspecified atom stereocenters. The van der Waals surface area contributed by atoms with Crippen LogP contribution in [0.25, 0.3) is 0 Å². The molecule has 0 aromatic carbocycles. The number of aryl methyl sites for hydroxylation is 1. The van der Waals surface area contributed by atoms with Crippen molar-refractivity contribution in [3.05, 3.63) is 17.8 Å². The van der Waals surface area contributed by atoms with Gasteiger partial charge in [0.15, 0.2) is 0 Å². The highest BCUT2D eigenvalue weighted by atomic mass is 16.5. The summed E-state index contributed by atoms with van der Waals surface area (Å²) < 4.78 is 10.9. The van der Waals surface area contributed by atoms with Gasteiger partial charge in [-0.25, -0.2) is 4.98 Å². The summed E-state index contributed by atoms with van der Waals surface area (Å²) in [6.07, 6.45) is 3.63. The fourth-order valence-electron chi connectivity index (χ4n) is 1.75. The van der Waals surface area contributed by atoms with Crippen LogP contribution < -0.4 is 5.32 Å². The monoisotopic (exact) mass is 240 g/mol. The highest BCUT2D eigenvalue weighted by molar-refractivity contribution is 4.93. The van der Waals surface area contributed by atoms with Crippen LogP contribution in [0.2, 0.25) is 0 Å². The molecule has 1 N–H and O–H groups in total. The Morgan fingerprint density at radius 1 is 1.53 bits per heavy atom. The summed E-state index contributed by atoms with van der Waals surface area (Å²) in [6.45, 7) is 9.05. The van der Waals surface area contributed by atoms with E-state index in [4.69, 9.17) is 9.15 Å². The Labute approximate surface area is 104 Å². The maximum absolute atomic E-state index is 5.53. The lowest BCUT2D eigenvalue weighted by atomic mass is 10.00. The van der Waals surface area contributed by atoms with E-state index >= 15 is 0 Å². The topological polar surface area (TPSA) is 47.3 Å². The van der Waals surface area contributed by atoms with E-state index in [0.717, 1.165) is 24.5 Å². The first-order valence-electron chi connectivity index (χ1n) is 6.19. The molecule has 98 valence electrons. The van der Waals surface area contributed by atoms with E-state index in [-0.39, 0.29) is 5.60 Å². The number of methoxy groups -OCH3 is 1. The Hall–Kier alpha value is -0.870. The Kier molecular flexibility index (Phi) is 5.15. The Morgan fingerprint density at radius 2 is 2.24 bits per heavy atom. The van der Waals surface area contributed by atoms with Crippen molar-refractivity contribution in [2.24, 2.45) is 0 Å². The van der Waals surface area contributed by atoms with Crippen LogP contribution in [0.5, 0.6) is 0 Å². The molecule has 0 bridgehead atoms. The molecule has 1 aromatic rings. The summed E-state index contributed by atoms with van der Waals surface area (Å²) in [6, 6.07) is 0.363. The molecular weight excluding hydrogens is 216 g/mol. The second-order valence-electron chi connectivity index (χ2n) is 5.02. The minimum Gasteiger partial charge on any atom is -0.444 e. The summed E-state index contributed by atoms with van der Waals surface area (Å²) in [5.41, 5.74) is -0.0996. The van der Waals surface area contributed by atoms with Crippen LogP contribution >= 0.6 is 0 Å². The molecular formula is C13H24N2O2. The molecule has 0 aliphatic carbocycles. The zero-order valence-corrected chi connectivity index (χ0v) is 11.5. The van der Waals surface area contributed by atoms with Crippen LogP contribution in [0.4, 0.5) is 0 Å². The Balaban J connectivity index is 2.35. The maximum atomic E-state index is 5.53. The van der Waals surface area contributed by atoms with Crippen molar-refractivity contribution >= 4 is 0 Å². The fraction of sp³-hybridized carbons (Fsp3) is 0.769. The third kappa shape index (κ3) is 4.88. The zero-order chi connectivity index (χ0) is 12.9. The number of ether oxygens (including phenoxy) is 1. The summed E-state index contributed by atoms with van der Waals surface area (Å²) >= 11 is 0. The van der Waals surface area contributed by atoms with E-state index in [1.807, 2.05) is 0 Å². The molecule has 1 aromatic heterocycles. The van der Waals surface area contributed by atoms with E-state index in [0.29, 0.717) is 12.6 Å². The molecule has 0 fully saturated rings. The highest BCUT2D eigenvalue weighted by Crippen LogP contribution is 2.15. The smallest absolute Gasteiger partial charge is 0.208 e. The van der Waals surface area contributed by atoms with Gasteiger partial charge in [-0.2, -0.15) is 0 Å². The van der Waals surface area contributed by atoms with Gasteiger partial charge in [-0.05, 0) is 27.2 Å². The lowest BCUT2D eigenvalue weighted by Crippen LogP contribution is -2.35. The molecule has 0 aliphatic rings. The Morgan fingerprint density at radius 3 is 2.76 bits per heavy atom. The lowest BCUT2D eigenvalue weighted by molar-refractivity contribution is 0.00827.